The van der Waals surface area contributed by atoms with E-state index in [1.165, 1.54) is 12.3 Å². The summed E-state index contributed by atoms with van der Waals surface area (Å²) in [5, 5.41) is 6.88. The predicted octanol–water partition coefficient (Wildman–Crippen LogP) is 4.60. The highest BCUT2D eigenvalue weighted by Crippen LogP contribution is 2.48. The number of carbonyl (C=O) groups excluding carboxylic acids is 2. The molecule has 0 radical (unpaired) electrons. The van der Waals surface area contributed by atoms with Crippen molar-refractivity contribution in [1.82, 2.24) is 14.8 Å². The lowest BCUT2D eigenvalue weighted by molar-refractivity contribution is -0.0865. The average Bonchev–Trinajstić information content (AvgIpc) is 3.20. The third-order valence-electron chi connectivity index (χ3n) is 9.05. The first kappa shape index (κ1) is 28.6. The Morgan fingerprint density at radius 2 is 1.93 bits per heavy atom. The number of pyridine rings is 1. The summed E-state index contributed by atoms with van der Waals surface area (Å²) in [4.78, 5) is 49.4. The van der Waals surface area contributed by atoms with Crippen LogP contribution in [0.25, 0.3) is 0 Å². The van der Waals surface area contributed by atoms with E-state index in [0.29, 0.717) is 19.4 Å². The minimum Gasteiger partial charge on any atom is -0.483 e. The van der Waals surface area contributed by atoms with Gasteiger partial charge in [-0.25, -0.2) is 8.78 Å². The smallest absolute Gasteiger partial charge is 0.274 e. The molecule has 6 rings (SSSR count). The van der Waals surface area contributed by atoms with Crippen molar-refractivity contribution in [2.24, 2.45) is 11.1 Å². The molecule has 43 heavy (non-hydrogen) atoms. The van der Waals surface area contributed by atoms with Gasteiger partial charge in [0.2, 0.25) is 5.43 Å². The Morgan fingerprint density at radius 3 is 2.63 bits per heavy atom. The molecular weight excluding hydrogens is 558 g/mol. The summed E-state index contributed by atoms with van der Waals surface area (Å²) in [6.07, 6.45) is 2.64. The van der Waals surface area contributed by atoms with E-state index in [2.05, 4.69) is 10.5 Å². The highest BCUT2D eigenvalue weighted by atomic mass is 19.1. The number of hydrogen-bond donors (Lipinski definition) is 1. The summed E-state index contributed by atoms with van der Waals surface area (Å²) in [6.45, 7) is 5.90. The minimum absolute atomic E-state index is 0.0112. The zero-order valence-corrected chi connectivity index (χ0v) is 24.1. The molecule has 1 unspecified atom stereocenters. The highest BCUT2D eigenvalue weighted by Gasteiger charge is 2.57. The van der Waals surface area contributed by atoms with Gasteiger partial charge in [-0.15, -0.1) is 0 Å². The molecule has 2 amide bonds. The fraction of sp³-hybridized carbons (Fsp3) is 0.375. The first-order valence-corrected chi connectivity index (χ1v) is 14.3. The van der Waals surface area contributed by atoms with Gasteiger partial charge in [0.25, 0.3) is 11.8 Å². The monoisotopic (exact) mass is 590 g/mol. The Kier molecular flexibility index (Phi) is 7.27. The number of aromatic nitrogens is 1. The summed E-state index contributed by atoms with van der Waals surface area (Å²) in [5.41, 5.74) is -0.165. The molecule has 2 aromatic carbocycles. The van der Waals surface area contributed by atoms with E-state index >= 15 is 0 Å². The SMILES string of the molecule is CC1=NO[C@@]2(CC[C@H](C)N3C[C@H]2n2cc(C(=O)NCc4ccc(F)cc4F)c(=O)c(OCc4ccccc4)c2C3=O)C1C. The average molecular weight is 591 g/mol. The maximum absolute atomic E-state index is 14.3. The summed E-state index contributed by atoms with van der Waals surface area (Å²) in [7, 11) is 0. The second-order valence-corrected chi connectivity index (χ2v) is 11.5. The van der Waals surface area contributed by atoms with Crippen molar-refractivity contribution >= 4 is 17.5 Å². The Labute approximate surface area is 247 Å². The molecule has 9 nitrogen and oxygen atoms in total. The van der Waals surface area contributed by atoms with E-state index in [0.717, 1.165) is 23.4 Å². The van der Waals surface area contributed by atoms with Crippen LogP contribution in [0.1, 0.15) is 71.6 Å². The molecule has 4 atom stereocenters. The Morgan fingerprint density at radius 1 is 1.16 bits per heavy atom. The highest BCUT2D eigenvalue weighted by molar-refractivity contribution is 5.99. The molecule has 11 heteroatoms. The van der Waals surface area contributed by atoms with Gasteiger partial charge < -0.3 is 24.4 Å². The topological polar surface area (TPSA) is 102 Å². The predicted molar refractivity (Wildman–Crippen MR) is 154 cm³/mol. The van der Waals surface area contributed by atoms with Crippen LogP contribution >= 0.6 is 0 Å². The van der Waals surface area contributed by atoms with Gasteiger partial charge in [-0.1, -0.05) is 48.5 Å². The van der Waals surface area contributed by atoms with E-state index in [1.807, 2.05) is 51.1 Å². The van der Waals surface area contributed by atoms with E-state index in [4.69, 9.17) is 9.57 Å². The van der Waals surface area contributed by atoms with Crippen LogP contribution in [0.4, 0.5) is 8.78 Å². The molecule has 4 heterocycles. The number of benzene rings is 2. The molecule has 1 spiro atoms. The first-order chi connectivity index (χ1) is 20.6. The number of oxime groups is 1. The van der Waals surface area contributed by atoms with Crippen molar-refractivity contribution in [2.75, 3.05) is 6.54 Å². The molecule has 0 aliphatic carbocycles. The van der Waals surface area contributed by atoms with Gasteiger partial charge >= 0.3 is 0 Å². The second-order valence-electron chi connectivity index (χ2n) is 11.5. The molecule has 0 saturated carbocycles. The molecule has 224 valence electrons. The van der Waals surface area contributed by atoms with E-state index in [-0.39, 0.29) is 53.6 Å². The number of fused-ring (bicyclic) bond motifs is 5. The number of nitrogens with one attached hydrogen (secondary N) is 1. The van der Waals surface area contributed by atoms with E-state index < -0.39 is 34.6 Å². The summed E-state index contributed by atoms with van der Waals surface area (Å²) in [6, 6.07) is 11.6. The van der Waals surface area contributed by atoms with Crippen molar-refractivity contribution in [1.29, 1.82) is 0 Å². The molecule has 3 aliphatic heterocycles. The van der Waals surface area contributed by atoms with Gasteiger partial charge in [0.05, 0.1) is 11.8 Å². The lowest BCUT2D eigenvalue weighted by atomic mass is 9.76. The molecule has 3 aromatic rings. The van der Waals surface area contributed by atoms with Crippen molar-refractivity contribution in [3.63, 3.8) is 0 Å². The van der Waals surface area contributed by atoms with E-state index in [1.54, 1.807) is 9.47 Å². The van der Waals surface area contributed by atoms with Gasteiger partial charge in [-0.05, 0) is 38.3 Å². The van der Waals surface area contributed by atoms with Crippen molar-refractivity contribution in [3.05, 3.63) is 99.0 Å². The zero-order valence-electron chi connectivity index (χ0n) is 24.1. The second kappa shape index (κ2) is 10.9. The number of hydrogen-bond acceptors (Lipinski definition) is 6. The van der Waals surface area contributed by atoms with E-state index in [9.17, 15) is 23.2 Å². The van der Waals surface area contributed by atoms with Crippen LogP contribution in [-0.2, 0) is 18.0 Å². The van der Waals surface area contributed by atoms with Gasteiger partial charge in [0.1, 0.15) is 23.8 Å². The minimum atomic E-state index is -0.822. The molecule has 1 saturated heterocycles. The summed E-state index contributed by atoms with van der Waals surface area (Å²) in [5.74, 6) is -3.06. The number of ether oxygens (including phenoxy) is 1. The molecule has 2 bridgehead atoms. The molecule has 1 aromatic heterocycles. The summed E-state index contributed by atoms with van der Waals surface area (Å²) < 4.78 is 35.4. The normalized spacial score (nSPS) is 24.2. The number of rotatable bonds is 6. The van der Waals surface area contributed by atoms with Crippen LogP contribution in [0.15, 0.2) is 64.7 Å². The third kappa shape index (κ3) is 4.86. The number of carbonyl (C=O) groups is 2. The van der Waals surface area contributed by atoms with Crippen LogP contribution in [0, 0.1) is 17.6 Å². The Hall–Kier alpha value is -4.54. The summed E-state index contributed by atoms with van der Waals surface area (Å²) >= 11 is 0. The van der Waals surface area contributed by atoms with Crippen LogP contribution in [0.3, 0.4) is 0 Å². The molecule has 1 fully saturated rings. The van der Waals surface area contributed by atoms with Crippen LogP contribution < -0.4 is 15.5 Å². The standard InChI is InChI=1S/C32H32F2N4O5/c1-18-11-12-32(19(2)20(3)36-43-32)26-16-37(18)31(41)27-29(42-17-21-7-5-4-6-8-21)28(39)24(15-38(26)27)30(40)35-14-22-9-10-23(33)13-25(22)34/h4-10,13,15,18-19,26H,11-12,14,16-17H2,1-3H3,(H,35,40)/t18-,19?,26+,32-/m0/s1. The third-order valence-corrected chi connectivity index (χ3v) is 9.05. The fourth-order valence-electron chi connectivity index (χ4n) is 6.32. The van der Waals surface area contributed by atoms with Crippen LogP contribution in [-0.4, -0.2) is 45.2 Å². The lowest BCUT2D eigenvalue weighted by Crippen LogP contribution is -2.54. The van der Waals surface area contributed by atoms with Crippen LogP contribution in [0.2, 0.25) is 0 Å². The Balaban J connectivity index is 1.47. The maximum atomic E-state index is 14.3. The van der Waals surface area contributed by atoms with Crippen molar-refractivity contribution in [3.8, 4) is 5.75 Å². The first-order valence-electron chi connectivity index (χ1n) is 14.3. The quantitative estimate of drug-likeness (QED) is 0.453. The van der Waals surface area contributed by atoms with Crippen LogP contribution in [0.5, 0.6) is 5.75 Å². The molecule has 3 aliphatic rings. The lowest BCUT2D eigenvalue weighted by Gasteiger charge is -2.43. The van der Waals surface area contributed by atoms with Gasteiger partial charge in [-0.2, -0.15) is 0 Å². The number of amides is 2. The molecule has 1 N–H and O–H groups in total. The largest absolute Gasteiger partial charge is 0.483 e. The fourth-order valence-corrected chi connectivity index (χ4v) is 6.32. The number of halogens is 2. The van der Waals surface area contributed by atoms with Crippen molar-refractivity contribution in [2.45, 2.75) is 64.4 Å². The van der Waals surface area contributed by atoms with Gasteiger partial charge in [0.15, 0.2) is 17.0 Å². The Bertz CT molecular complexity index is 1690. The van der Waals surface area contributed by atoms with Gasteiger partial charge in [-0.3, -0.25) is 14.4 Å². The number of nitrogens with zero attached hydrogens (tertiary/aromatic N) is 3. The van der Waals surface area contributed by atoms with Gasteiger partial charge in [0, 0.05) is 42.9 Å². The maximum Gasteiger partial charge on any atom is 0.274 e. The van der Waals surface area contributed by atoms with Crippen molar-refractivity contribution < 1.29 is 27.9 Å². The zero-order chi connectivity index (χ0) is 30.5. The molecular formula is C32H32F2N4O5.